The molecule has 0 atom stereocenters. The van der Waals surface area contributed by atoms with Crippen LogP contribution in [0.15, 0.2) is 28.5 Å². The van der Waals surface area contributed by atoms with E-state index >= 15 is 0 Å². The summed E-state index contributed by atoms with van der Waals surface area (Å²) < 4.78 is 0. The van der Waals surface area contributed by atoms with E-state index in [4.69, 9.17) is 5.73 Å². The first-order chi connectivity index (χ1) is 7.75. The van der Waals surface area contributed by atoms with Gasteiger partial charge >= 0.3 is 0 Å². The standard InChI is InChI=1S/C11H8N4O/c12-11(16)6-1-7-4-14-15-5-8-3-13-9(2-6)10(7)8/h1-5,13H,(H2,12,16). The van der Waals surface area contributed by atoms with Gasteiger partial charge in [-0.3, -0.25) is 4.79 Å². The average Bonchev–Trinajstić information content (AvgIpc) is 2.55. The molecule has 3 N–H and O–H groups in total. The monoisotopic (exact) mass is 212 g/mol. The minimum absolute atomic E-state index is 0.451. The quantitative estimate of drug-likeness (QED) is 0.727. The summed E-state index contributed by atoms with van der Waals surface area (Å²) in [5.41, 5.74) is 8.39. The number of carbonyl (C=O) groups excluding carboxylic acids is 1. The van der Waals surface area contributed by atoms with Crippen molar-refractivity contribution in [3.8, 4) is 0 Å². The molecule has 0 radical (unpaired) electrons. The Morgan fingerprint density at radius 3 is 2.69 bits per heavy atom. The maximum atomic E-state index is 11.2. The largest absolute Gasteiger partial charge is 0.366 e. The number of H-pyrrole nitrogens is 1. The Morgan fingerprint density at radius 2 is 1.94 bits per heavy atom. The van der Waals surface area contributed by atoms with Crippen LogP contribution in [-0.4, -0.2) is 23.3 Å². The van der Waals surface area contributed by atoms with Crippen molar-refractivity contribution in [1.82, 2.24) is 4.98 Å². The molecule has 2 heterocycles. The summed E-state index contributed by atoms with van der Waals surface area (Å²) in [7, 11) is 0. The molecule has 0 bridgehead atoms. The van der Waals surface area contributed by atoms with E-state index in [0.717, 1.165) is 22.0 Å². The third-order valence-electron chi connectivity index (χ3n) is 2.59. The van der Waals surface area contributed by atoms with Gasteiger partial charge in [-0.05, 0) is 12.1 Å². The average molecular weight is 212 g/mol. The molecular formula is C11H8N4O. The second kappa shape index (κ2) is 3.03. The van der Waals surface area contributed by atoms with E-state index in [0.29, 0.717) is 5.56 Å². The van der Waals surface area contributed by atoms with Gasteiger partial charge in [-0.15, -0.1) is 0 Å². The number of nitrogens with one attached hydrogen (secondary N) is 1. The molecule has 1 aromatic heterocycles. The maximum absolute atomic E-state index is 11.2. The van der Waals surface area contributed by atoms with Gasteiger partial charge in [0, 0.05) is 33.8 Å². The zero-order valence-corrected chi connectivity index (χ0v) is 8.27. The fraction of sp³-hybridized carbons (Fsp3) is 0. The lowest BCUT2D eigenvalue weighted by Gasteiger charge is -2.00. The minimum Gasteiger partial charge on any atom is -0.366 e. The molecule has 1 aliphatic rings. The van der Waals surface area contributed by atoms with Gasteiger partial charge in [0.15, 0.2) is 0 Å². The minimum atomic E-state index is -0.451. The van der Waals surface area contributed by atoms with Crippen LogP contribution < -0.4 is 5.73 Å². The van der Waals surface area contributed by atoms with Gasteiger partial charge in [-0.25, -0.2) is 0 Å². The molecule has 1 amide bonds. The topological polar surface area (TPSA) is 83.6 Å². The molecule has 16 heavy (non-hydrogen) atoms. The van der Waals surface area contributed by atoms with E-state index in [1.54, 1.807) is 24.6 Å². The molecule has 1 aliphatic heterocycles. The molecule has 0 fully saturated rings. The molecule has 78 valence electrons. The predicted octanol–water partition coefficient (Wildman–Crippen LogP) is 1.03. The van der Waals surface area contributed by atoms with Crippen LogP contribution in [0.3, 0.4) is 0 Å². The molecule has 0 saturated heterocycles. The number of hydrogen-bond acceptors (Lipinski definition) is 3. The molecule has 5 heteroatoms. The number of hydrogen-bond donors (Lipinski definition) is 2. The molecular weight excluding hydrogens is 204 g/mol. The zero-order chi connectivity index (χ0) is 11.1. The summed E-state index contributed by atoms with van der Waals surface area (Å²) in [6, 6.07) is 3.46. The van der Waals surface area contributed by atoms with Crippen molar-refractivity contribution in [1.29, 1.82) is 0 Å². The summed E-state index contributed by atoms with van der Waals surface area (Å²) in [4.78, 5) is 14.2. The van der Waals surface area contributed by atoms with Crippen LogP contribution in [-0.2, 0) is 0 Å². The van der Waals surface area contributed by atoms with E-state index < -0.39 is 5.91 Å². The van der Waals surface area contributed by atoms with Crippen LogP contribution in [0.25, 0.3) is 10.9 Å². The van der Waals surface area contributed by atoms with Crippen LogP contribution in [0.2, 0.25) is 0 Å². The second-order valence-corrected chi connectivity index (χ2v) is 3.59. The van der Waals surface area contributed by atoms with E-state index in [1.807, 2.05) is 6.20 Å². The highest BCUT2D eigenvalue weighted by Crippen LogP contribution is 2.23. The van der Waals surface area contributed by atoms with Gasteiger partial charge < -0.3 is 10.7 Å². The van der Waals surface area contributed by atoms with E-state index in [-0.39, 0.29) is 0 Å². The molecule has 0 unspecified atom stereocenters. The van der Waals surface area contributed by atoms with Crippen molar-refractivity contribution >= 4 is 29.2 Å². The first kappa shape index (κ1) is 8.84. The Hall–Kier alpha value is -2.43. The van der Waals surface area contributed by atoms with Crippen LogP contribution >= 0.6 is 0 Å². The molecule has 2 aromatic rings. The van der Waals surface area contributed by atoms with Gasteiger partial charge in [0.1, 0.15) is 0 Å². The van der Waals surface area contributed by atoms with Gasteiger partial charge in [-0.1, -0.05) is 0 Å². The third kappa shape index (κ3) is 1.15. The predicted molar refractivity (Wildman–Crippen MR) is 62.0 cm³/mol. The summed E-state index contributed by atoms with van der Waals surface area (Å²) in [6.07, 6.45) is 5.13. The molecule has 1 aromatic carbocycles. The molecule has 0 saturated carbocycles. The highest BCUT2D eigenvalue weighted by Gasteiger charge is 2.12. The molecule has 0 aliphatic carbocycles. The lowest BCUT2D eigenvalue weighted by molar-refractivity contribution is 0.100. The Morgan fingerprint density at radius 1 is 1.19 bits per heavy atom. The van der Waals surface area contributed by atoms with Crippen molar-refractivity contribution in [3.63, 3.8) is 0 Å². The number of rotatable bonds is 1. The first-order valence-electron chi connectivity index (χ1n) is 4.77. The molecule has 0 spiro atoms. The third-order valence-corrected chi connectivity index (χ3v) is 2.59. The van der Waals surface area contributed by atoms with Crippen molar-refractivity contribution in [2.75, 3.05) is 0 Å². The van der Waals surface area contributed by atoms with Crippen LogP contribution in [0.5, 0.6) is 0 Å². The number of aromatic amines is 1. The lowest BCUT2D eigenvalue weighted by Crippen LogP contribution is -2.11. The second-order valence-electron chi connectivity index (χ2n) is 3.59. The lowest BCUT2D eigenvalue weighted by atomic mass is 10.0. The van der Waals surface area contributed by atoms with Crippen LogP contribution in [0, 0.1) is 0 Å². The summed E-state index contributed by atoms with van der Waals surface area (Å²) >= 11 is 0. The Kier molecular flexibility index (Phi) is 1.67. The Labute approximate surface area is 90.7 Å². The van der Waals surface area contributed by atoms with Gasteiger partial charge in [-0.2, -0.15) is 10.2 Å². The summed E-state index contributed by atoms with van der Waals surface area (Å²) in [6.45, 7) is 0. The number of nitrogens with zero attached hydrogens (tertiary/aromatic N) is 2. The van der Waals surface area contributed by atoms with E-state index in [1.165, 1.54) is 0 Å². The van der Waals surface area contributed by atoms with Crippen molar-refractivity contribution < 1.29 is 4.79 Å². The fourth-order valence-corrected chi connectivity index (χ4v) is 1.87. The normalized spacial score (nSPS) is 13.0. The number of amides is 1. The smallest absolute Gasteiger partial charge is 0.248 e. The van der Waals surface area contributed by atoms with Crippen LogP contribution in [0.1, 0.15) is 21.5 Å². The number of nitrogens with two attached hydrogens (primary N) is 1. The van der Waals surface area contributed by atoms with Crippen molar-refractivity contribution in [3.05, 3.63) is 35.0 Å². The maximum Gasteiger partial charge on any atom is 0.248 e. The molecule has 3 rings (SSSR count). The molecule has 5 nitrogen and oxygen atoms in total. The van der Waals surface area contributed by atoms with Crippen molar-refractivity contribution in [2.24, 2.45) is 15.9 Å². The van der Waals surface area contributed by atoms with E-state index in [9.17, 15) is 4.79 Å². The Bertz CT molecular complexity index is 651. The van der Waals surface area contributed by atoms with Crippen molar-refractivity contribution in [2.45, 2.75) is 0 Å². The van der Waals surface area contributed by atoms with Gasteiger partial charge in [0.05, 0.1) is 12.4 Å². The van der Waals surface area contributed by atoms with Crippen LogP contribution in [0.4, 0.5) is 0 Å². The summed E-state index contributed by atoms with van der Waals surface area (Å²) in [5.74, 6) is -0.451. The fourth-order valence-electron chi connectivity index (χ4n) is 1.87. The number of primary amides is 1. The van der Waals surface area contributed by atoms with Gasteiger partial charge in [0.25, 0.3) is 0 Å². The zero-order valence-electron chi connectivity index (χ0n) is 8.27. The number of benzene rings is 1. The number of aromatic nitrogens is 1. The van der Waals surface area contributed by atoms with E-state index in [2.05, 4.69) is 15.2 Å². The first-order valence-corrected chi connectivity index (χ1v) is 4.77. The van der Waals surface area contributed by atoms with Gasteiger partial charge in [0.2, 0.25) is 5.91 Å². The highest BCUT2D eigenvalue weighted by atomic mass is 16.1. The Balaban J connectivity index is 2.42. The number of carbonyl (C=O) groups is 1. The summed E-state index contributed by atoms with van der Waals surface area (Å²) in [5, 5.41) is 8.74. The SMILES string of the molecule is NC(=O)c1cc2c3c(c[nH]c3c1)C=NN=C2. The highest BCUT2D eigenvalue weighted by molar-refractivity contribution is 6.11.